The zero-order valence-electron chi connectivity index (χ0n) is 15.0. The number of hydrogen-bond acceptors (Lipinski definition) is 4. The van der Waals surface area contributed by atoms with Gasteiger partial charge in [0.1, 0.15) is 5.75 Å². The summed E-state index contributed by atoms with van der Waals surface area (Å²) in [7, 11) is 0. The van der Waals surface area contributed by atoms with Crippen LogP contribution in [0.2, 0.25) is 0 Å². The van der Waals surface area contributed by atoms with Crippen LogP contribution in [0.5, 0.6) is 5.75 Å². The summed E-state index contributed by atoms with van der Waals surface area (Å²) in [4.78, 5) is 16.4. The number of amides is 2. The smallest absolute Gasteiger partial charge is 0.320 e. The Bertz CT molecular complexity index is 510. The Morgan fingerprint density at radius 2 is 1.79 bits per heavy atom. The first-order chi connectivity index (χ1) is 11.5. The lowest BCUT2D eigenvalue weighted by Crippen LogP contribution is -2.54. The molecule has 0 saturated carbocycles. The number of benzene rings is 1. The van der Waals surface area contributed by atoms with Gasteiger partial charge in [-0.05, 0) is 30.5 Å². The van der Waals surface area contributed by atoms with Crippen LogP contribution in [0, 0.1) is 0 Å². The van der Waals surface area contributed by atoms with Gasteiger partial charge < -0.3 is 20.7 Å². The van der Waals surface area contributed by atoms with Crippen LogP contribution >= 0.6 is 0 Å². The van der Waals surface area contributed by atoms with E-state index in [0.717, 1.165) is 38.5 Å². The molecule has 2 amide bonds. The molecule has 0 aliphatic carbocycles. The summed E-state index contributed by atoms with van der Waals surface area (Å²) in [5, 5.41) is 2.90. The predicted octanol–water partition coefficient (Wildman–Crippen LogP) is 1.82. The van der Waals surface area contributed by atoms with E-state index in [9.17, 15) is 4.79 Å². The van der Waals surface area contributed by atoms with Gasteiger partial charge in [-0.25, -0.2) is 4.79 Å². The molecule has 1 aromatic carbocycles. The first-order valence-corrected chi connectivity index (χ1v) is 8.74. The van der Waals surface area contributed by atoms with Crippen molar-refractivity contribution >= 4 is 6.03 Å². The Hall–Kier alpha value is -1.79. The number of nitrogens with two attached hydrogens (primary N) is 1. The number of nitrogens with zero attached hydrogens (tertiary/aromatic N) is 2. The van der Waals surface area contributed by atoms with E-state index in [1.165, 1.54) is 5.56 Å². The van der Waals surface area contributed by atoms with Gasteiger partial charge in [0.25, 0.3) is 0 Å². The Kier molecular flexibility index (Phi) is 6.87. The third kappa shape index (κ3) is 5.39. The number of hydrogen-bond donors (Lipinski definition) is 2. The van der Waals surface area contributed by atoms with Gasteiger partial charge in [0.2, 0.25) is 0 Å². The molecule has 1 saturated heterocycles. The van der Waals surface area contributed by atoms with Crippen LogP contribution in [-0.4, -0.2) is 61.3 Å². The van der Waals surface area contributed by atoms with Gasteiger partial charge in [-0.3, -0.25) is 4.90 Å². The molecule has 0 bridgehead atoms. The van der Waals surface area contributed by atoms with Gasteiger partial charge >= 0.3 is 6.03 Å². The topological polar surface area (TPSA) is 70.8 Å². The van der Waals surface area contributed by atoms with E-state index in [1.807, 2.05) is 24.0 Å². The minimum absolute atomic E-state index is 0.0753. The van der Waals surface area contributed by atoms with Crippen molar-refractivity contribution in [3.05, 3.63) is 29.8 Å². The maximum atomic E-state index is 12.3. The summed E-state index contributed by atoms with van der Waals surface area (Å²) in [5.41, 5.74) is 6.84. The molecule has 1 aliphatic heterocycles. The van der Waals surface area contributed by atoms with E-state index in [4.69, 9.17) is 10.5 Å². The molecule has 0 radical (unpaired) electrons. The minimum atomic E-state index is -0.371. The first-order valence-electron chi connectivity index (χ1n) is 8.74. The molecule has 24 heavy (non-hydrogen) atoms. The summed E-state index contributed by atoms with van der Waals surface area (Å²) in [6, 6.07) is 7.94. The second kappa shape index (κ2) is 8.89. The van der Waals surface area contributed by atoms with E-state index in [2.05, 4.69) is 36.2 Å². The van der Waals surface area contributed by atoms with Crippen LogP contribution in [0.25, 0.3) is 0 Å². The molecule has 1 aromatic rings. The van der Waals surface area contributed by atoms with Crippen LogP contribution in [-0.2, 0) is 0 Å². The standard InChI is InChI=1S/C18H30N4O2/c1-14(2)16-4-6-17(7-5-16)24-15(3)20-18(23)22-12-10-21(9-8-19)11-13-22/h4-7,14-15H,8-13,19H2,1-3H3,(H,20,23). The summed E-state index contributed by atoms with van der Waals surface area (Å²) in [6.07, 6.45) is -0.371. The molecule has 134 valence electrons. The number of piperazine rings is 1. The van der Waals surface area contributed by atoms with Crippen LogP contribution < -0.4 is 15.8 Å². The molecule has 0 spiro atoms. The van der Waals surface area contributed by atoms with Gasteiger partial charge in [-0.2, -0.15) is 0 Å². The number of carbonyl (C=O) groups excluding carboxylic acids is 1. The zero-order chi connectivity index (χ0) is 17.5. The van der Waals surface area contributed by atoms with E-state index < -0.39 is 0 Å². The molecule has 0 aromatic heterocycles. The second-order valence-electron chi connectivity index (χ2n) is 6.55. The highest BCUT2D eigenvalue weighted by atomic mass is 16.5. The molecule has 6 nitrogen and oxygen atoms in total. The Morgan fingerprint density at radius 3 is 2.33 bits per heavy atom. The van der Waals surface area contributed by atoms with Gasteiger partial charge in [0, 0.05) is 39.3 Å². The second-order valence-corrected chi connectivity index (χ2v) is 6.55. The van der Waals surface area contributed by atoms with Gasteiger partial charge in [-0.15, -0.1) is 0 Å². The van der Waals surface area contributed by atoms with Gasteiger partial charge in [0.05, 0.1) is 0 Å². The maximum absolute atomic E-state index is 12.3. The molecule has 1 fully saturated rings. The Morgan fingerprint density at radius 1 is 1.17 bits per heavy atom. The lowest BCUT2D eigenvalue weighted by Gasteiger charge is -2.35. The summed E-state index contributed by atoms with van der Waals surface area (Å²) in [5.74, 6) is 1.26. The number of rotatable bonds is 6. The monoisotopic (exact) mass is 334 g/mol. The Balaban J connectivity index is 1.77. The van der Waals surface area contributed by atoms with Crippen molar-refractivity contribution in [1.29, 1.82) is 0 Å². The summed E-state index contributed by atoms with van der Waals surface area (Å²) >= 11 is 0. The molecule has 1 aliphatic rings. The normalized spacial score (nSPS) is 17.0. The summed E-state index contributed by atoms with van der Waals surface area (Å²) < 4.78 is 5.78. The minimum Gasteiger partial charge on any atom is -0.471 e. The van der Waals surface area contributed by atoms with Gasteiger partial charge in [-0.1, -0.05) is 26.0 Å². The van der Waals surface area contributed by atoms with Crippen molar-refractivity contribution in [3.63, 3.8) is 0 Å². The molecule has 3 N–H and O–H groups in total. The largest absolute Gasteiger partial charge is 0.471 e. The van der Waals surface area contributed by atoms with Crippen LogP contribution in [0.1, 0.15) is 32.3 Å². The van der Waals surface area contributed by atoms with E-state index in [-0.39, 0.29) is 12.3 Å². The fourth-order valence-electron chi connectivity index (χ4n) is 2.79. The molecule has 2 rings (SSSR count). The van der Waals surface area contributed by atoms with Crippen molar-refractivity contribution in [2.75, 3.05) is 39.3 Å². The third-order valence-electron chi connectivity index (χ3n) is 4.29. The highest BCUT2D eigenvalue weighted by Gasteiger charge is 2.21. The van der Waals surface area contributed by atoms with Crippen molar-refractivity contribution in [2.24, 2.45) is 5.73 Å². The number of carbonyl (C=O) groups is 1. The predicted molar refractivity (Wildman–Crippen MR) is 96.2 cm³/mol. The van der Waals surface area contributed by atoms with Crippen LogP contribution in [0.4, 0.5) is 4.79 Å². The lowest BCUT2D eigenvalue weighted by atomic mass is 10.0. The highest BCUT2D eigenvalue weighted by molar-refractivity contribution is 5.74. The molecule has 1 heterocycles. The van der Waals surface area contributed by atoms with Gasteiger partial charge in [0.15, 0.2) is 6.23 Å². The average Bonchev–Trinajstić information content (AvgIpc) is 2.56. The number of urea groups is 1. The molecule has 6 heteroatoms. The van der Waals surface area contributed by atoms with Crippen molar-refractivity contribution < 1.29 is 9.53 Å². The lowest BCUT2D eigenvalue weighted by molar-refractivity contribution is 0.122. The highest BCUT2D eigenvalue weighted by Crippen LogP contribution is 2.19. The number of nitrogens with one attached hydrogen (secondary N) is 1. The fourth-order valence-corrected chi connectivity index (χ4v) is 2.79. The fraction of sp³-hybridized carbons (Fsp3) is 0.611. The maximum Gasteiger partial charge on any atom is 0.320 e. The van der Waals surface area contributed by atoms with Crippen molar-refractivity contribution in [1.82, 2.24) is 15.1 Å². The quantitative estimate of drug-likeness (QED) is 0.779. The van der Waals surface area contributed by atoms with E-state index in [0.29, 0.717) is 12.5 Å². The SMILES string of the molecule is CC(NC(=O)N1CCN(CCN)CC1)Oc1ccc(C(C)C)cc1. The first kappa shape index (κ1) is 18.5. The molecule has 1 unspecified atom stereocenters. The van der Waals surface area contributed by atoms with Crippen molar-refractivity contribution in [2.45, 2.75) is 32.9 Å². The van der Waals surface area contributed by atoms with E-state index >= 15 is 0 Å². The third-order valence-corrected chi connectivity index (χ3v) is 4.29. The number of ether oxygens (including phenoxy) is 1. The van der Waals surface area contributed by atoms with E-state index in [1.54, 1.807) is 0 Å². The Labute approximate surface area is 144 Å². The summed E-state index contributed by atoms with van der Waals surface area (Å²) in [6.45, 7) is 10.9. The molecular weight excluding hydrogens is 304 g/mol. The molecule has 1 atom stereocenters. The van der Waals surface area contributed by atoms with Crippen LogP contribution in [0.15, 0.2) is 24.3 Å². The van der Waals surface area contributed by atoms with Crippen LogP contribution in [0.3, 0.4) is 0 Å². The average molecular weight is 334 g/mol. The zero-order valence-corrected chi connectivity index (χ0v) is 15.0. The molecular formula is C18H30N4O2. The van der Waals surface area contributed by atoms with Crippen molar-refractivity contribution in [3.8, 4) is 5.75 Å².